The van der Waals surface area contributed by atoms with Gasteiger partial charge in [0.05, 0.1) is 0 Å². The Kier molecular flexibility index (Phi) is 11.3. The molecule has 0 spiro atoms. The molecule has 0 amide bonds. The summed E-state index contributed by atoms with van der Waals surface area (Å²) < 4.78 is 74.2. The highest BCUT2D eigenvalue weighted by Crippen LogP contribution is 2.32. The van der Waals surface area contributed by atoms with E-state index in [4.69, 9.17) is 21.8 Å². The zero-order valence-electron chi connectivity index (χ0n) is 17.7. The molecule has 0 atom stereocenters. The van der Waals surface area contributed by atoms with E-state index < -0.39 is 40.8 Å². The lowest BCUT2D eigenvalue weighted by atomic mass is 10.2. The first kappa shape index (κ1) is 30.0. The SMILES string of the molecule is CCCSc1nc(C(F)(F)F)ccc1/C=C/C(=O)O.O=C(O)/C=C/c1ccc(C(F)(F)F)nc1Cl. The molecule has 2 aromatic heterocycles. The first-order valence-corrected chi connectivity index (χ1v) is 10.8. The van der Waals surface area contributed by atoms with Crippen LogP contribution in [0.4, 0.5) is 26.3 Å². The molecule has 2 N–H and O–H groups in total. The number of hydrogen-bond acceptors (Lipinski definition) is 5. The second-order valence-corrected chi connectivity index (χ2v) is 7.80. The van der Waals surface area contributed by atoms with Gasteiger partial charge in [0.15, 0.2) is 0 Å². The summed E-state index contributed by atoms with van der Waals surface area (Å²) in [5.41, 5.74) is -1.62. The zero-order valence-corrected chi connectivity index (χ0v) is 19.3. The van der Waals surface area contributed by atoms with Crippen LogP contribution in [0.25, 0.3) is 12.2 Å². The zero-order chi connectivity index (χ0) is 26.8. The number of carboxylic acids is 2. The summed E-state index contributed by atoms with van der Waals surface area (Å²) in [7, 11) is 0. The first-order valence-electron chi connectivity index (χ1n) is 9.42. The Morgan fingerprint density at radius 3 is 1.77 bits per heavy atom. The summed E-state index contributed by atoms with van der Waals surface area (Å²) in [4.78, 5) is 27.3. The van der Waals surface area contributed by atoms with E-state index in [1.165, 1.54) is 23.9 Å². The fourth-order valence-electron chi connectivity index (χ4n) is 2.10. The van der Waals surface area contributed by atoms with Gasteiger partial charge in [0.25, 0.3) is 0 Å². The lowest BCUT2D eigenvalue weighted by molar-refractivity contribution is -0.142. The van der Waals surface area contributed by atoms with Crippen LogP contribution in [0, 0.1) is 0 Å². The molecule has 2 aromatic rings. The van der Waals surface area contributed by atoms with Crippen LogP contribution in [0.1, 0.15) is 35.9 Å². The third-order valence-electron chi connectivity index (χ3n) is 3.60. The van der Waals surface area contributed by atoms with E-state index in [-0.39, 0.29) is 10.6 Å². The largest absolute Gasteiger partial charge is 0.478 e. The monoisotopic (exact) mass is 542 g/mol. The average Bonchev–Trinajstić information content (AvgIpc) is 2.74. The molecule has 2 heterocycles. The highest BCUT2D eigenvalue weighted by molar-refractivity contribution is 7.99. The fourth-order valence-corrected chi connectivity index (χ4v) is 3.18. The molecule has 0 aliphatic heterocycles. The van der Waals surface area contributed by atoms with Crippen LogP contribution >= 0.6 is 23.4 Å². The highest BCUT2D eigenvalue weighted by atomic mass is 35.5. The topological polar surface area (TPSA) is 100 Å². The molecule has 14 heteroatoms. The quantitative estimate of drug-likeness (QED) is 0.177. The van der Waals surface area contributed by atoms with Crippen LogP contribution < -0.4 is 0 Å². The van der Waals surface area contributed by atoms with Crippen molar-refractivity contribution in [2.24, 2.45) is 0 Å². The lowest BCUT2D eigenvalue weighted by Crippen LogP contribution is -2.08. The van der Waals surface area contributed by atoms with Gasteiger partial charge in [-0.15, -0.1) is 11.8 Å². The Morgan fingerprint density at radius 2 is 1.34 bits per heavy atom. The molecule has 0 saturated carbocycles. The molecule has 0 bridgehead atoms. The summed E-state index contributed by atoms with van der Waals surface area (Å²) >= 11 is 6.64. The van der Waals surface area contributed by atoms with Crippen molar-refractivity contribution >= 4 is 47.5 Å². The molecule has 2 rings (SSSR count). The highest BCUT2D eigenvalue weighted by Gasteiger charge is 2.33. The van der Waals surface area contributed by atoms with Gasteiger partial charge in [0.2, 0.25) is 0 Å². The Bertz CT molecular complexity index is 1100. The summed E-state index contributed by atoms with van der Waals surface area (Å²) in [5, 5.41) is 16.6. The van der Waals surface area contributed by atoms with Crippen molar-refractivity contribution in [2.45, 2.75) is 30.7 Å². The number of aliphatic carboxylic acids is 2. The van der Waals surface area contributed by atoms with Gasteiger partial charge in [-0.05, 0) is 42.5 Å². The van der Waals surface area contributed by atoms with Crippen LogP contribution in [0.5, 0.6) is 0 Å². The number of nitrogens with zero attached hydrogens (tertiary/aromatic N) is 2. The number of pyridine rings is 2. The van der Waals surface area contributed by atoms with E-state index in [2.05, 4.69) is 9.97 Å². The van der Waals surface area contributed by atoms with Crippen LogP contribution in [-0.2, 0) is 21.9 Å². The van der Waals surface area contributed by atoms with E-state index >= 15 is 0 Å². The fraction of sp³-hybridized carbons (Fsp3) is 0.238. The predicted octanol–water partition coefficient (Wildman–Crippen LogP) is 6.55. The average molecular weight is 543 g/mol. The molecule has 0 saturated heterocycles. The number of thioether (sulfide) groups is 1. The number of aromatic nitrogens is 2. The van der Waals surface area contributed by atoms with Gasteiger partial charge in [-0.1, -0.05) is 24.6 Å². The van der Waals surface area contributed by atoms with Crippen molar-refractivity contribution in [1.29, 1.82) is 0 Å². The smallest absolute Gasteiger partial charge is 0.433 e. The summed E-state index contributed by atoms with van der Waals surface area (Å²) in [6.45, 7) is 1.90. The Hall–Kier alpha value is -3.06. The second-order valence-electron chi connectivity index (χ2n) is 6.35. The molecule has 0 unspecified atom stereocenters. The molecule has 0 radical (unpaired) electrons. The maximum atomic E-state index is 12.6. The number of halogens is 7. The van der Waals surface area contributed by atoms with Gasteiger partial charge in [0.1, 0.15) is 21.6 Å². The molecule has 0 aliphatic carbocycles. The number of alkyl halides is 6. The van der Waals surface area contributed by atoms with Crippen LogP contribution in [0.3, 0.4) is 0 Å². The maximum absolute atomic E-state index is 12.6. The molecule has 0 aromatic carbocycles. The van der Waals surface area contributed by atoms with Crippen molar-refractivity contribution in [1.82, 2.24) is 9.97 Å². The van der Waals surface area contributed by atoms with E-state index in [1.807, 2.05) is 6.92 Å². The molecule has 35 heavy (non-hydrogen) atoms. The van der Waals surface area contributed by atoms with Gasteiger partial charge in [-0.25, -0.2) is 19.6 Å². The first-order chi connectivity index (χ1) is 16.1. The van der Waals surface area contributed by atoms with Gasteiger partial charge in [0, 0.05) is 23.3 Å². The molecular formula is C21H17ClF6N2O4S. The third kappa shape index (κ3) is 10.8. The summed E-state index contributed by atoms with van der Waals surface area (Å²) in [6, 6.07) is 3.86. The lowest BCUT2D eigenvalue weighted by Gasteiger charge is -2.09. The molecule has 190 valence electrons. The van der Waals surface area contributed by atoms with Gasteiger partial charge < -0.3 is 10.2 Å². The predicted molar refractivity (Wildman–Crippen MR) is 118 cm³/mol. The number of hydrogen-bond donors (Lipinski definition) is 2. The van der Waals surface area contributed by atoms with Gasteiger partial charge >= 0.3 is 24.3 Å². The Morgan fingerprint density at radius 1 is 0.886 bits per heavy atom. The van der Waals surface area contributed by atoms with Gasteiger partial charge in [-0.3, -0.25) is 0 Å². The standard InChI is InChI=1S/C12H12F3NO2S.C9H5ClF3NO2/c1-2-7-19-11-8(4-6-10(17)18)3-5-9(16-11)12(13,14)15;10-8-5(2-4-7(15)16)1-3-6(14-8)9(11,12)13/h3-6H,2,7H2,1H3,(H,17,18);1-4H,(H,15,16)/b6-4+;4-2+. The van der Waals surface area contributed by atoms with E-state index in [9.17, 15) is 35.9 Å². The maximum Gasteiger partial charge on any atom is 0.433 e. The van der Waals surface area contributed by atoms with E-state index in [0.29, 0.717) is 11.3 Å². The molecular weight excluding hydrogens is 526 g/mol. The normalized spacial score (nSPS) is 12.0. The van der Waals surface area contributed by atoms with Crippen molar-refractivity contribution in [3.8, 4) is 0 Å². The molecule has 0 fully saturated rings. The minimum absolute atomic E-state index is 0.108. The number of carbonyl (C=O) groups is 2. The van der Waals surface area contributed by atoms with Crippen LogP contribution in [0.15, 0.2) is 41.4 Å². The summed E-state index contributed by atoms with van der Waals surface area (Å²) in [5.74, 6) is -1.77. The van der Waals surface area contributed by atoms with Crippen LogP contribution in [-0.4, -0.2) is 37.9 Å². The molecule has 0 aliphatic rings. The minimum atomic E-state index is -4.57. The van der Waals surface area contributed by atoms with Crippen molar-refractivity contribution in [3.63, 3.8) is 0 Å². The van der Waals surface area contributed by atoms with E-state index in [0.717, 1.165) is 42.8 Å². The van der Waals surface area contributed by atoms with Crippen molar-refractivity contribution in [2.75, 3.05) is 5.75 Å². The Balaban J connectivity index is 0.000000355. The van der Waals surface area contributed by atoms with Crippen molar-refractivity contribution < 1.29 is 46.1 Å². The molecule has 6 nitrogen and oxygen atoms in total. The Labute approximate surface area is 204 Å². The number of carboxylic acid groups (broad SMARTS) is 2. The van der Waals surface area contributed by atoms with Crippen LogP contribution in [0.2, 0.25) is 5.15 Å². The van der Waals surface area contributed by atoms with Crippen molar-refractivity contribution in [3.05, 3.63) is 64.1 Å². The van der Waals surface area contributed by atoms with E-state index in [1.54, 1.807) is 0 Å². The van der Waals surface area contributed by atoms with Gasteiger partial charge in [-0.2, -0.15) is 26.3 Å². The minimum Gasteiger partial charge on any atom is -0.478 e. The second kappa shape index (κ2) is 13.1. The number of rotatable bonds is 7. The third-order valence-corrected chi connectivity index (χ3v) is 5.12. The summed E-state index contributed by atoms with van der Waals surface area (Å²) in [6.07, 6.45) is -4.35.